The lowest BCUT2D eigenvalue weighted by molar-refractivity contribution is -0.343. The molecule has 10 rings (SSSR count). The number of aliphatic hydroxyl groups is 10. The van der Waals surface area contributed by atoms with Crippen LogP contribution in [0.3, 0.4) is 0 Å². The molecule has 14 N–H and O–H groups in total. The van der Waals surface area contributed by atoms with E-state index >= 15 is 0 Å². The second kappa shape index (κ2) is 40.3. The number of Topliss-reactive ketones (excluding diaryl/α,β-unsaturated/α-hetero) is 2. The van der Waals surface area contributed by atoms with Crippen LogP contribution in [-0.2, 0) is 71.3 Å². The minimum absolute atomic E-state index is 0.000280. The molecule has 612 valence electrons. The Kier molecular flexibility index (Phi) is 32.3. The first kappa shape index (κ1) is 85.6. The topological polar surface area (TPSA) is 448 Å². The maximum absolute atomic E-state index is 14.5. The summed E-state index contributed by atoms with van der Waals surface area (Å²) in [5.41, 5.74) is 0. The van der Waals surface area contributed by atoms with E-state index in [0.29, 0.717) is 51.6 Å². The third-order valence-corrected chi connectivity index (χ3v) is 25.0. The van der Waals surface area contributed by atoms with E-state index in [2.05, 4.69) is 21.3 Å². The molecule has 5 aliphatic heterocycles. The smallest absolute Gasteiger partial charge is 0.314 e. The summed E-state index contributed by atoms with van der Waals surface area (Å²) in [4.78, 5) is 85.4. The van der Waals surface area contributed by atoms with Gasteiger partial charge in [-0.2, -0.15) is 0 Å². The minimum Gasteiger partial charge on any atom is -0.394 e. The van der Waals surface area contributed by atoms with E-state index in [4.69, 9.17) is 47.4 Å². The molecule has 31 nitrogen and oxygen atoms in total. The van der Waals surface area contributed by atoms with Gasteiger partial charge < -0.3 is 125 Å². The molecule has 107 heavy (non-hydrogen) atoms. The summed E-state index contributed by atoms with van der Waals surface area (Å²) in [6, 6.07) is -1.83. The zero-order valence-electron chi connectivity index (χ0n) is 63.4. The number of carbonyl (C=O) groups excluding carboxylic acids is 6. The van der Waals surface area contributed by atoms with Crippen LogP contribution in [0.1, 0.15) is 196 Å². The number of hydrogen-bond acceptors (Lipinski definition) is 26. The number of urea groups is 1. The van der Waals surface area contributed by atoms with E-state index in [1.165, 1.54) is 20.8 Å². The fourth-order valence-corrected chi connectivity index (χ4v) is 18.0. The molecular formula is C76H127N5O26. The lowest BCUT2D eigenvalue weighted by Gasteiger charge is -2.49. The Morgan fingerprint density at radius 3 is 1.50 bits per heavy atom. The monoisotopic (exact) mass is 1530 g/mol. The van der Waals surface area contributed by atoms with Crippen molar-refractivity contribution in [2.45, 2.75) is 349 Å². The number of nitrogens with zero attached hydrogens (tertiary/aromatic N) is 1. The van der Waals surface area contributed by atoms with Gasteiger partial charge in [-0.05, 0) is 102 Å². The highest BCUT2D eigenvalue weighted by molar-refractivity contribution is 5.86. The zero-order chi connectivity index (χ0) is 76.9. The minimum atomic E-state index is -1.70. The molecule has 10 aliphatic rings. The molecule has 31 heteroatoms. The summed E-state index contributed by atoms with van der Waals surface area (Å²) in [5.74, 6) is -4.05. The van der Waals surface area contributed by atoms with Crippen molar-refractivity contribution < 1.29 is 127 Å². The largest absolute Gasteiger partial charge is 0.394 e. The number of rotatable bonds is 33. The van der Waals surface area contributed by atoms with Crippen molar-refractivity contribution in [2.24, 2.45) is 47.3 Å². The molecule has 30 atom stereocenters. The summed E-state index contributed by atoms with van der Waals surface area (Å²) in [6.45, 7) is 9.88. The molecule has 5 amide bonds. The summed E-state index contributed by atoms with van der Waals surface area (Å²) in [6.07, 6.45) is -14.4. The highest BCUT2D eigenvalue weighted by atomic mass is 16.7. The van der Waals surface area contributed by atoms with Gasteiger partial charge >= 0.3 is 6.03 Å². The average molecular weight is 1530 g/mol. The van der Waals surface area contributed by atoms with Crippen molar-refractivity contribution in [3.63, 3.8) is 0 Å². The molecule has 0 radical (unpaired) electrons. The van der Waals surface area contributed by atoms with E-state index < -0.39 is 208 Å². The van der Waals surface area contributed by atoms with E-state index in [1.807, 2.05) is 13.8 Å². The molecule has 5 aliphatic carbocycles. The van der Waals surface area contributed by atoms with Crippen molar-refractivity contribution in [3.8, 4) is 0 Å². The van der Waals surface area contributed by atoms with Crippen LogP contribution in [0.25, 0.3) is 0 Å². The molecule has 0 spiro atoms. The predicted molar refractivity (Wildman–Crippen MR) is 379 cm³/mol. The van der Waals surface area contributed by atoms with Crippen LogP contribution in [0.5, 0.6) is 0 Å². The van der Waals surface area contributed by atoms with Crippen molar-refractivity contribution in [1.29, 1.82) is 0 Å². The fraction of sp³-hybridized carbons (Fsp3) is 0.921. The number of nitrogens with one attached hydrogen (secondary N) is 4. The normalized spacial score (nSPS) is 40.3. The number of ether oxygens (including phenoxy) is 10. The molecule has 5 saturated heterocycles. The molecule has 0 bridgehead atoms. The number of aliphatic hydroxyl groups excluding tert-OH is 10. The molecular weight excluding hydrogens is 1400 g/mol. The molecule has 0 aromatic carbocycles. The van der Waals surface area contributed by atoms with Gasteiger partial charge in [-0.1, -0.05) is 104 Å². The van der Waals surface area contributed by atoms with E-state index in [-0.39, 0.29) is 99.3 Å². The summed E-state index contributed by atoms with van der Waals surface area (Å²) in [5, 5.41) is 122. The Hall–Kier alpha value is -3.78. The second-order valence-electron chi connectivity index (χ2n) is 32.5. The van der Waals surface area contributed by atoms with Crippen molar-refractivity contribution in [3.05, 3.63) is 0 Å². The Balaban J connectivity index is 0.764. The first-order valence-corrected chi connectivity index (χ1v) is 40.4. The average Bonchev–Trinajstić information content (AvgIpc) is 0.778. The van der Waals surface area contributed by atoms with Crippen molar-refractivity contribution >= 4 is 35.3 Å². The number of hydrogen-bond donors (Lipinski definition) is 14. The molecule has 10 fully saturated rings. The highest BCUT2D eigenvalue weighted by Crippen LogP contribution is 2.45. The lowest BCUT2D eigenvalue weighted by Crippen LogP contribution is -2.67. The molecule has 0 aromatic rings. The quantitative estimate of drug-likeness (QED) is 0.0410. The molecule has 5 saturated carbocycles. The fourth-order valence-electron chi connectivity index (χ4n) is 18.0. The van der Waals surface area contributed by atoms with Gasteiger partial charge in [0.25, 0.3) is 5.91 Å². The Bertz CT molecular complexity index is 2820. The van der Waals surface area contributed by atoms with Gasteiger partial charge in [0, 0.05) is 69.7 Å². The number of carbonyl (C=O) groups is 6. The number of ketones is 2. The number of likely N-dealkylation sites (tertiary alicyclic amines) is 1. The van der Waals surface area contributed by atoms with Crippen LogP contribution >= 0.6 is 0 Å². The predicted octanol–water partition coefficient (Wildman–Crippen LogP) is 1.17. The van der Waals surface area contributed by atoms with Crippen LogP contribution in [0.2, 0.25) is 0 Å². The van der Waals surface area contributed by atoms with Crippen LogP contribution < -0.4 is 21.3 Å². The first-order valence-electron chi connectivity index (χ1n) is 40.4. The zero-order valence-corrected chi connectivity index (χ0v) is 63.4. The van der Waals surface area contributed by atoms with Gasteiger partial charge in [0.15, 0.2) is 30.9 Å². The van der Waals surface area contributed by atoms with Gasteiger partial charge in [0.2, 0.25) is 11.8 Å². The second-order valence-corrected chi connectivity index (χ2v) is 32.5. The summed E-state index contributed by atoms with van der Waals surface area (Å²) < 4.78 is 64.8. The lowest BCUT2D eigenvalue weighted by atomic mass is 9.74. The van der Waals surface area contributed by atoms with Gasteiger partial charge in [0.1, 0.15) is 91.2 Å². The van der Waals surface area contributed by atoms with Gasteiger partial charge in [0.05, 0.1) is 55.9 Å². The maximum atomic E-state index is 14.5. The van der Waals surface area contributed by atoms with Crippen molar-refractivity contribution in [1.82, 2.24) is 26.2 Å². The standard InChI is InChI=1S/C76H127N5O26/c1-7-44-32-47(34-51(67(44)106-74-64(93)62(91)57(86)39(4)98-74)103-73-56(80-41(6)84)69(61(90)55(37-83)105-73)100-50(59(88)46-22-15-23-46)30-42-18-11-9-12-19-42)49(85)24-16-25-78-76(97)79-27-26-77-70(95)48-33-45(8-2)68(107-75-65(94)63(92)58(87)40(5)99-75)52(35-48)102-72-38(3)66(60(89)54(36-82)104-72)101-53(71(96)81-28-17-29-81)31-43-20-13-10-14-21-43/h38-40,42-48,50-58,60-69,72-75,82-83,86-87,89-94H,7-37H2,1-6H3,(H,77,95)(H,80,84)(H2,78,79,97)/t38-,39+,40+,44+,45+,47-,48-,50+,51-,52-,53+,54-,55-,56-,57-,58-,60+,61+,62-,63-,64+,65+,66-,67-,68-,69-,72-,73-,74+,75+/m1/s1. The van der Waals surface area contributed by atoms with Crippen LogP contribution in [0.15, 0.2) is 0 Å². The maximum Gasteiger partial charge on any atom is 0.314 e. The Morgan fingerprint density at radius 2 is 0.981 bits per heavy atom. The van der Waals surface area contributed by atoms with Crippen molar-refractivity contribution in [2.75, 3.05) is 45.9 Å². The molecule has 0 unspecified atom stereocenters. The van der Waals surface area contributed by atoms with E-state index in [1.54, 1.807) is 11.8 Å². The van der Waals surface area contributed by atoms with Gasteiger partial charge in [-0.3, -0.25) is 24.0 Å². The third-order valence-electron chi connectivity index (χ3n) is 25.0. The summed E-state index contributed by atoms with van der Waals surface area (Å²) in [7, 11) is 0. The highest BCUT2D eigenvalue weighted by Gasteiger charge is 2.56. The molecule has 5 heterocycles. The van der Waals surface area contributed by atoms with E-state index in [9.17, 15) is 79.8 Å². The van der Waals surface area contributed by atoms with Gasteiger partial charge in [-0.25, -0.2) is 4.79 Å². The Morgan fingerprint density at radius 1 is 0.486 bits per heavy atom. The van der Waals surface area contributed by atoms with Crippen LogP contribution in [-0.4, -0.2) is 291 Å². The summed E-state index contributed by atoms with van der Waals surface area (Å²) >= 11 is 0. The molecule has 0 aromatic heterocycles. The van der Waals surface area contributed by atoms with Gasteiger partial charge in [-0.15, -0.1) is 0 Å². The third kappa shape index (κ3) is 21.6. The number of amides is 5. The SMILES string of the molecule is CC[C@H]1C[C@@H](C(=O)NCCNC(=O)NCCCC(=O)[C@@H]2C[C@H](CC)[C@@H](O[C@@H]3O[C@@H](C)[C@@H](O)[C@@H](O)[C@@H]3O)[C@H](O[C@@H]3O[C@H](CO)[C@H](O)[C@H](O[C@@H](CC4CCCCC4)C(=O)C4CCC4)[C@H]3NC(C)=O)C2)C[C@@H](O[C@@H]2O[C@H](CO)[C@H](O)[C@H](O[C@@H](CC3CCCCC3)C(=O)N3CCC3)[C@H]2C)[C@@H]1O[C@@H]1O[C@@H](C)[C@@H](O)[C@@H](O)[C@@H]1O. The van der Waals surface area contributed by atoms with E-state index in [0.717, 1.165) is 77.0 Å². The first-order chi connectivity index (χ1) is 51.3. The Labute approximate surface area is 628 Å². The van der Waals surface area contributed by atoms with Crippen LogP contribution in [0, 0.1) is 47.3 Å². The van der Waals surface area contributed by atoms with Crippen LogP contribution in [0.4, 0.5) is 4.79 Å².